The molecule has 2 aromatic carbocycles. The van der Waals surface area contributed by atoms with Gasteiger partial charge in [-0.3, -0.25) is 4.90 Å². The number of fused-ring (bicyclic) bond motifs is 2. The highest BCUT2D eigenvalue weighted by molar-refractivity contribution is 6.33. The molecule has 1 saturated carbocycles. The first-order chi connectivity index (χ1) is 16.1. The fraction of sp³-hybridized carbons (Fsp3) is 0.360. The average molecular weight is 467 g/mol. The minimum atomic E-state index is -0.345. The molecule has 6 nitrogen and oxygen atoms in total. The molecule has 3 aromatic rings. The van der Waals surface area contributed by atoms with E-state index >= 15 is 0 Å². The second-order valence-electron chi connectivity index (χ2n) is 9.11. The molecule has 170 valence electrons. The van der Waals surface area contributed by atoms with Crippen molar-refractivity contribution in [2.24, 2.45) is 11.8 Å². The van der Waals surface area contributed by atoms with Crippen LogP contribution in [0.15, 0.2) is 48.5 Å². The summed E-state index contributed by atoms with van der Waals surface area (Å²) in [7, 11) is 0. The van der Waals surface area contributed by atoms with Crippen molar-refractivity contribution in [2.75, 3.05) is 25.2 Å². The molecular weight excluding hydrogens is 443 g/mol. The monoisotopic (exact) mass is 466 g/mol. The molecule has 1 saturated heterocycles. The number of likely N-dealkylation sites (tertiary alicyclic amines) is 1. The van der Waals surface area contributed by atoms with Gasteiger partial charge in [-0.1, -0.05) is 23.7 Å². The average Bonchev–Trinajstić information content (AvgIpc) is 3.52. The zero-order valence-corrected chi connectivity index (χ0v) is 18.8. The molecule has 0 amide bonds. The summed E-state index contributed by atoms with van der Waals surface area (Å²) in [4.78, 5) is 2.53. The van der Waals surface area contributed by atoms with Crippen molar-refractivity contribution in [1.29, 1.82) is 0 Å². The lowest BCUT2D eigenvalue weighted by molar-refractivity contribution is 0.172. The van der Waals surface area contributed by atoms with Gasteiger partial charge in [-0.05, 0) is 61.1 Å². The van der Waals surface area contributed by atoms with Crippen LogP contribution in [0.4, 0.5) is 10.2 Å². The zero-order valence-electron chi connectivity index (χ0n) is 18.0. The van der Waals surface area contributed by atoms with E-state index in [9.17, 15) is 4.39 Å². The van der Waals surface area contributed by atoms with Gasteiger partial charge in [-0.2, -0.15) is 0 Å². The number of benzene rings is 2. The van der Waals surface area contributed by atoms with E-state index < -0.39 is 0 Å². The van der Waals surface area contributed by atoms with Crippen molar-refractivity contribution in [1.82, 2.24) is 15.1 Å². The SMILES string of the molecule is Fc1ccc(Cl)c(-c2ccc(N[C@H]3C[C@@H]4CN(Cc5cccc6c5OCO6)C[C@@H]4C3)nn2)c1. The van der Waals surface area contributed by atoms with E-state index in [1.165, 1.54) is 23.8 Å². The lowest BCUT2D eigenvalue weighted by Gasteiger charge is -2.20. The van der Waals surface area contributed by atoms with Gasteiger partial charge in [0, 0.05) is 36.8 Å². The third kappa shape index (κ3) is 4.11. The number of anilines is 1. The van der Waals surface area contributed by atoms with Gasteiger partial charge in [0.2, 0.25) is 6.79 Å². The number of hydrogen-bond acceptors (Lipinski definition) is 6. The number of rotatable bonds is 5. The molecule has 2 fully saturated rings. The van der Waals surface area contributed by atoms with Crippen LogP contribution >= 0.6 is 11.6 Å². The van der Waals surface area contributed by atoms with Gasteiger partial charge >= 0.3 is 0 Å². The maximum absolute atomic E-state index is 13.6. The van der Waals surface area contributed by atoms with Crippen LogP contribution in [-0.4, -0.2) is 41.0 Å². The van der Waals surface area contributed by atoms with Gasteiger partial charge in [0.25, 0.3) is 0 Å². The van der Waals surface area contributed by atoms with Crippen molar-refractivity contribution in [2.45, 2.75) is 25.4 Å². The number of hydrogen-bond donors (Lipinski definition) is 1. The summed E-state index contributed by atoms with van der Waals surface area (Å²) >= 11 is 6.19. The molecule has 1 aromatic heterocycles. The maximum Gasteiger partial charge on any atom is 0.231 e. The van der Waals surface area contributed by atoms with Crippen LogP contribution in [-0.2, 0) is 6.54 Å². The van der Waals surface area contributed by atoms with Crippen molar-refractivity contribution >= 4 is 17.4 Å². The molecule has 0 bridgehead atoms. The zero-order chi connectivity index (χ0) is 22.4. The highest BCUT2D eigenvalue weighted by Gasteiger charge is 2.41. The Morgan fingerprint density at radius 1 is 1.03 bits per heavy atom. The second kappa shape index (κ2) is 8.47. The van der Waals surface area contributed by atoms with Gasteiger partial charge in [0.1, 0.15) is 11.6 Å². The van der Waals surface area contributed by atoms with Crippen LogP contribution < -0.4 is 14.8 Å². The lowest BCUT2D eigenvalue weighted by atomic mass is 10.0. The normalized spacial score (nSPS) is 23.6. The minimum absolute atomic E-state index is 0.310. The summed E-state index contributed by atoms with van der Waals surface area (Å²) < 4.78 is 24.7. The number of nitrogens with one attached hydrogen (secondary N) is 1. The number of ether oxygens (including phenoxy) is 2. The molecule has 1 aliphatic carbocycles. The first-order valence-corrected chi connectivity index (χ1v) is 11.7. The molecule has 8 heteroatoms. The van der Waals surface area contributed by atoms with Gasteiger partial charge in [0.05, 0.1) is 10.7 Å². The third-order valence-corrected chi connectivity index (χ3v) is 7.25. The van der Waals surface area contributed by atoms with E-state index in [0.717, 1.165) is 49.8 Å². The number of aromatic nitrogens is 2. The Balaban J connectivity index is 1.05. The predicted molar refractivity (Wildman–Crippen MR) is 124 cm³/mol. The summed E-state index contributed by atoms with van der Waals surface area (Å²) in [6.07, 6.45) is 2.24. The van der Waals surface area contributed by atoms with Gasteiger partial charge in [0.15, 0.2) is 11.5 Å². The van der Waals surface area contributed by atoms with Crippen molar-refractivity contribution in [3.05, 3.63) is 64.9 Å². The van der Waals surface area contributed by atoms with E-state index in [1.807, 2.05) is 24.3 Å². The Morgan fingerprint density at radius 3 is 2.67 bits per heavy atom. The van der Waals surface area contributed by atoms with Crippen LogP contribution in [0, 0.1) is 17.7 Å². The topological polar surface area (TPSA) is 59.5 Å². The Bertz CT molecular complexity index is 1160. The summed E-state index contributed by atoms with van der Waals surface area (Å²) in [6, 6.07) is 14.5. The summed E-state index contributed by atoms with van der Waals surface area (Å²) in [5, 5.41) is 12.6. The summed E-state index contributed by atoms with van der Waals surface area (Å²) in [6.45, 7) is 3.39. The Hall–Kier alpha value is -2.90. The fourth-order valence-corrected chi connectivity index (χ4v) is 5.67. The van der Waals surface area contributed by atoms with Crippen LogP contribution in [0.2, 0.25) is 5.02 Å². The lowest BCUT2D eigenvalue weighted by Crippen LogP contribution is -2.25. The largest absolute Gasteiger partial charge is 0.454 e. The molecule has 0 spiro atoms. The summed E-state index contributed by atoms with van der Waals surface area (Å²) in [5.41, 5.74) is 2.31. The van der Waals surface area contributed by atoms with Crippen molar-refractivity contribution in [3.8, 4) is 22.8 Å². The number of nitrogens with zero attached hydrogens (tertiary/aromatic N) is 3. The molecule has 3 heterocycles. The fourth-order valence-electron chi connectivity index (χ4n) is 5.46. The molecule has 2 aliphatic heterocycles. The van der Waals surface area contributed by atoms with Crippen LogP contribution in [0.1, 0.15) is 18.4 Å². The molecule has 3 atom stereocenters. The molecule has 0 unspecified atom stereocenters. The highest BCUT2D eigenvalue weighted by atomic mass is 35.5. The molecule has 1 N–H and O–H groups in total. The maximum atomic E-state index is 13.6. The standard InChI is InChI=1S/C25H24ClFN4O2/c26-21-5-4-18(27)10-20(21)22-6-7-24(30-29-22)28-19-8-16-12-31(13-17(16)9-19)11-15-2-1-3-23-25(15)33-14-32-23/h1-7,10,16-17,19H,8-9,11-14H2,(H,28,30)/t16-,17+,19+. The Labute approximate surface area is 196 Å². The molecule has 6 rings (SSSR count). The first-order valence-electron chi connectivity index (χ1n) is 11.3. The van der Waals surface area contributed by atoms with Gasteiger partial charge in [-0.15, -0.1) is 10.2 Å². The minimum Gasteiger partial charge on any atom is -0.454 e. The second-order valence-corrected chi connectivity index (χ2v) is 9.51. The third-order valence-electron chi connectivity index (χ3n) is 6.92. The van der Waals surface area contributed by atoms with E-state index in [2.05, 4.69) is 26.5 Å². The molecule has 3 aliphatic rings. The number of para-hydroxylation sites is 1. The molecular formula is C25H24ClFN4O2. The van der Waals surface area contributed by atoms with Crippen molar-refractivity contribution in [3.63, 3.8) is 0 Å². The van der Waals surface area contributed by atoms with Crippen LogP contribution in [0.3, 0.4) is 0 Å². The summed E-state index contributed by atoms with van der Waals surface area (Å²) in [5.74, 6) is 3.50. The quantitative estimate of drug-likeness (QED) is 0.571. The van der Waals surface area contributed by atoms with Gasteiger partial charge < -0.3 is 14.8 Å². The van der Waals surface area contributed by atoms with Crippen LogP contribution in [0.5, 0.6) is 11.5 Å². The Morgan fingerprint density at radius 2 is 1.88 bits per heavy atom. The Kier molecular flexibility index (Phi) is 5.31. The first kappa shape index (κ1) is 20.7. The van der Waals surface area contributed by atoms with Crippen molar-refractivity contribution < 1.29 is 13.9 Å². The van der Waals surface area contributed by atoms with E-state index in [-0.39, 0.29) is 5.82 Å². The van der Waals surface area contributed by atoms with E-state index in [4.69, 9.17) is 21.1 Å². The van der Waals surface area contributed by atoms with E-state index in [0.29, 0.717) is 41.0 Å². The predicted octanol–water partition coefficient (Wildman–Crippen LogP) is 4.99. The number of halogens is 2. The van der Waals surface area contributed by atoms with E-state index in [1.54, 1.807) is 0 Å². The van der Waals surface area contributed by atoms with Gasteiger partial charge in [-0.25, -0.2) is 4.39 Å². The smallest absolute Gasteiger partial charge is 0.231 e. The van der Waals surface area contributed by atoms with Crippen LogP contribution in [0.25, 0.3) is 11.3 Å². The molecule has 33 heavy (non-hydrogen) atoms. The highest BCUT2D eigenvalue weighted by Crippen LogP contribution is 2.41. The molecule has 0 radical (unpaired) electrons.